The predicted octanol–water partition coefficient (Wildman–Crippen LogP) is 2.03. The molecule has 0 aromatic carbocycles. The van der Waals surface area contributed by atoms with E-state index in [1.807, 2.05) is 6.92 Å². The second kappa shape index (κ2) is 7.53. The third-order valence-corrected chi connectivity index (χ3v) is 2.56. The largest absolute Gasteiger partial charge is 0.465 e. The summed E-state index contributed by atoms with van der Waals surface area (Å²) >= 11 is 0. The maximum atomic E-state index is 12.2. The van der Waals surface area contributed by atoms with Gasteiger partial charge in [-0.3, -0.25) is 9.59 Å². The summed E-state index contributed by atoms with van der Waals surface area (Å²) in [4.78, 5) is 23.9. The number of hydrogen-bond donors (Lipinski definition) is 0. The number of rotatable bonds is 7. The molecule has 0 aliphatic heterocycles. The Hall–Kier alpha value is -1.78. The first-order chi connectivity index (χ1) is 8.70. The van der Waals surface area contributed by atoms with Crippen LogP contribution in [0.15, 0.2) is 18.3 Å². The Labute approximate surface area is 107 Å². The van der Waals surface area contributed by atoms with E-state index < -0.39 is 11.9 Å². The van der Waals surface area contributed by atoms with E-state index in [0.29, 0.717) is 6.42 Å². The van der Waals surface area contributed by atoms with E-state index in [1.54, 1.807) is 19.1 Å². The second-order valence-electron chi connectivity index (χ2n) is 3.92. The van der Waals surface area contributed by atoms with Crippen molar-refractivity contribution in [3.8, 4) is 0 Å². The number of ether oxygens (including phenoxy) is 1. The van der Waals surface area contributed by atoms with E-state index >= 15 is 0 Å². The van der Waals surface area contributed by atoms with Crippen molar-refractivity contribution < 1.29 is 14.3 Å². The number of unbranched alkanes of at least 4 members (excludes halogenated alkanes) is 1. The molecular weight excluding hydrogens is 232 g/mol. The minimum absolute atomic E-state index is 0.214. The van der Waals surface area contributed by atoms with Crippen LogP contribution < -0.4 is 0 Å². The fourth-order valence-corrected chi connectivity index (χ4v) is 1.62. The second-order valence-corrected chi connectivity index (χ2v) is 3.92. The van der Waals surface area contributed by atoms with E-state index in [-0.39, 0.29) is 18.1 Å². The van der Waals surface area contributed by atoms with Gasteiger partial charge in [0.2, 0.25) is 0 Å². The molecule has 0 saturated carbocycles. The van der Waals surface area contributed by atoms with Gasteiger partial charge >= 0.3 is 5.97 Å². The first-order valence-electron chi connectivity index (χ1n) is 6.19. The van der Waals surface area contributed by atoms with Gasteiger partial charge in [-0.05, 0) is 25.5 Å². The lowest BCUT2D eigenvalue weighted by Gasteiger charge is -2.13. The molecule has 0 radical (unpaired) electrons. The van der Waals surface area contributed by atoms with Crippen LogP contribution in [0.25, 0.3) is 0 Å². The molecule has 1 heterocycles. The molecule has 0 bridgehead atoms. The molecule has 0 spiro atoms. The molecule has 98 valence electrons. The average molecular weight is 250 g/mol. The lowest BCUT2D eigenvalue weighted by Crippen LogP contribution is -2.27. The minimum Gasteiger partial charge on any atom is -0.465 e. The van der Waals surface area contributed by atoms with Crippen LogP contribution in [0, 0.1) is 5.92 Å². The molecule has 0 amide bonds. The first-order valence-corrected chi connectivity index (χ1v) is 6.19. The maximum Gasteiger partial charge on any atom is 0.316 e. The van der Waals surface area contributed by atoms with Gasteiger partial charge < -0.3 is 4.74 Å². The summed E-state index contributed by atoms with van der Waals surface area (Å²) in [6.07, 6.45) is 3.70. The zero-order valence-corrected chi connectivity index (χ0v) is 10.8. The Kier molecular flexibility index (Phi) is 5.97. The summed E-state index contributed by atoms with van der Waals surface area (Å²) in [6.45, 7) is 4.01. The Morgan fingerprint density at radius 3 is 2.72 bits per heavy atom. The van der Waals surface area contributed by atoms with E-state index in [9.17, 15) is 9.59 Å². The Bertz CT molecular complexity index is 392. The summed E-state index contributed by atoms with van der Waals surface area (Å²) < 4.78 is 4.94. The highest BCUT2D eigenvalue weighted by atomic mass is 16.5. The summed E-state index contributed by atoms with van der Waals surface area (Å²) in [5, 5.41) is 7.39. The van der Waals surface area contributed by atoms with Gasteiger partial charge in [-0.2, -0.15) is 5.10 Å². The average Bonchev–Trinajstić information content (AvgIpc) is 2.40. The highest BCUT2D eigenvalue weighted by Gasteiger charge is 2.29. The lowest BCUT2D eigenvalue weighted by atomic mass is 9.95. The van der Waals surface area contributed by atoms with Gasteiger partial charge in [-0.1, -0.05) is 19.8 Å². The van der Waals surface area contributed by atoms with Crippen molar-refractivity contribution in [3.63, 3.8) is 0 Å². The van der Waals surface area contributed by atoms with Crippen LogP contribution in [-0.4, -0.2) is 28.6 Å². The standard InChI is InChI=1S/C13H18N2O3/c1-3-5-7-10(13(17)18-4-2)12(16)11-8-6-9-14-15-11/h6,8-10H,3-5,7H2,1-2H3. The van der Waals surface area contributed by atoms with Crippen LogP contribution in [0.3, 0.4) is 0 Å². The Morgan fingerprint density at radius 2 is 2.17 bits per heavy atom. The monoisotopic (exact) mass is 250 g/mol. The zero-order chi connectivity index (χ0) is 13.4. The van der Waals surface area contributed by atoms with Crippen molar-refractivity contribution in [2.24, 2.45) is 5.92 Å². The van der Waals surface area contributed by atoms with Crippen LogP contribution >= 0.6 is 0 Å². The number of Topliss-reactive ketones (excluding diaryl/α,β-unsaturated/α-hetero) is 1. The number of esters is 1. The van der Waals surface area contributed by atoms with Gasteiger partial charge in [0.15, 0.2) is 5.78 Å². The quantitative estimate of drug-likeness (QED) is 0.420. The van der Waals surface area contributed by atoms with Crippen molar-refractivity contribution >= 4 is 11.8 Å². The van der Waals surface area contributed by atoms with Crippen molar-refractivity contribution in [1.29, 1.82) is 0 Å². The van der Waals surface area contributed by atoms with E-state index in [0.717, 1.165) is 12.8 Å². The number of carbonyl (C=O) groups excluding carboxylic acids is 2. The third-order valence-electron chi connectivity index (χ3n) is 2.56. The van der Waals surface area contributed by atoms with Crippen molar-refractivity contribution in [2.75, 3.05) is 6.61 Å². The fourth-order valence-electron chi connectivity index (χ4n) is 1.62. The van der Waals surface area contributed by atoms with Crippen LogP contribution in [0.2, 0.25) is 0 Å². The molecule has 0 aliphatic carbocycles. The third kappa shape index (κ3) is 3.91. The van der Waals surface area contributed by atoms with Gasteiger partial charge in [-0.15, -0.1) is 5.10 Å². The Morgan fingerprint density at radius 1 is 1.39 bits per heavy atom. The van der Waals surface area contributed by atoms with Crippen molar-refractivity contribution in [1.82, 2.24) is 10.2 Å². The summed E-state index contributed by atoms with van der Waals surface area (Å²) in [5.74, 6) is -1.54. The molecule has 18 heavy (non-hydrogen) atoms. The topological polar surface area (TPSA) is 69.2 Å². The smallest absolute Gasteiger partial charge is 0.316 e. The molecule has 5 heteroatoms. The summed E-state index contributed by atoms with van der Waals surface area (Å²) in [6, 6.07) is 3.19. The number of carbonyl (C=O) groups is 2. The normalized spacial score (nSPS) is 11.9. The maximum absolute atomic E-state index is 12.2. The summed E-state index contributed by atoms with van der Waals surface area (Å²) in [7, 11) is 0. The molecule has 1 aromatic heterocycles. The minimum atomic E-state index is -0.762. The predicted molar refractivity (Wildman–Crippen MR) is 66.0 cm³/mol. The molecule has 5 nitrogen and oxygen atoms in total. The lowest BCUT2D eigenvalue weighted by molar-refractivity contribution is -0.146. The van der Waals surface area contributed by atoms with Crippen LogP contribution in [0.4, 0.5) is 0 Å². The zero-order valence-electron chi connectivity index (χ0n) is 10.8. The van der Waals surface area contributed by atoms with Gasteiger partial charge in [0, 0.05) is 6.20 Å². The highest BCUT2D eigenvalue weighted by molar-refractivity contribution is 6.07. The SMILES string of the molecule is CCCCC(C(=O)OCC)C(=O)c1cccnn1. The molecule has 0 fully saturated rings. The highest BCUT2D eigenvalue weighted by Crippen LogP contribution is 2.16. The molecule has 1 atom stereocenters. The van der Waals surface area contributed by atoms with E-state index in [2.05, 4.69) is 10.2 Å². The number of nitrogens with zero attached hydrogens (tertiary/aromatic N) is 2. The van der Waals surface area contributed by atoms with Crippen LogP contribution in [0.1, 0.15) is 43.6 Å². The molecule has 0 aliphatic rings. The fraction of sp³-hybridized carbons (Fsp3) is 0.538. The van der Waals surface area contributed by atoms with Crippen LogP contribution in [-0.2, 0) is 9.53 Å². The number of ketones is 1. The van der Waals surface area contributed by atoms with Gasteiger partial charge in [0.05, 0.1) is 6.61 Å². The number of hydrogen-bond acceptors (Lipinski definition) is 5. The molecule has 1 rings (SSSR count). The molecule has 0 saturated heterocycles. The van der Waals surface area contributed by atoms with Crippen LogP contribution in [0.5, 0.6) is 0 Å². The van der Waals surface area contributed by atoms with E-state index in [4.69, 9.17) is 4.74 Å². The van der Waals surface area contributed by atoms with Crippen molar-refractivity contribution in [2.45, 2.75) is 33.1 Å². The number of aromatic nitrogens is 2. The molecule has 1 unspecified atom stereocenters. The van der Waals surface area contributed by atoms with Gasteiger partial charge in [0.1, 0.15) is 11.6 Å². The van der Waals surface area contributed by atoms with Gasteiger partial charge in [-0.25, -0.2) is 0 Å². The molecular formula is C13H18N2O3. The molecule has 1 aromatic rings. The summed E-state index contributed by atoms with van der Waals surface area (Å²) in [5.41, 5.74) is 0.214. The van der Waals surface area contributed by atoms with Crippen molar-refractivity contribution in [3.05, 3.63) is 24.0 Å². The first kappa shape index (κ1) is 14.3. The van der Waals surface area contributed by atoms with E-state index in [1.165, 1.54) is 6.20 Å². The Balaban J connectivity index is 2.82. The van der Waals surface area contributed by atoms with Gasteiger partial charge in [0.25, 0.3) is 0 Å². The molecule has 0 N–H and O–H groups in total.